The lowest BCUT2D eigenvalue weighted by Crippen LogP contribution is -2.36. The fourth-order valence-electron chi connectivity index (χ4n) is 5.45. The number of hydrogen-bond acceptors (Lipinski definition) is 16. The summed E-state index contributed by atoms with van der Waals surface area (Å²) in [5, 5.41) is 22.3. The van der Waals surface area contributed by atoms with Crippen molar-refractivity contribution < 1.29 is 51.8 Å². The summed E-state index contributed by atoms with van der Waals surface area (Å²) in [6, 6.07) is 1.52. The highest BCUT2D eigenvalue weighted by atomic mass is 31.2. The van der Waals surface area contributed by atoms with E-state index in [1.54, 1.807) is 0 Å². The number of nitrogen functional groups attached to an aromatic ring is 1. The summed E-state index contributed by atoms with van der Waals surface area (Å²) in [5.41, 5.74) is 6.15. The summed E-state index contributed by atoms with van der Waals surface area (Å²) in [6.45, 7) is -0.0728. The number of ether oxygens (including phenoxy) is 2. The second-order valence-electron chi connectivity index (χ2n) is 10.4. The maximum Gasteiger partial charge on any atom is 0.472 e. The molecule has 0 saturated carbocycles. The van der Waals surface area contributed by atoms with E-state index in [0.717, 1.165) is 6.66 Å². The molecule has 0 aromatic carbocycles. The Morgan fingerprint density at radius 3 is 2.48 bits per heavy atom. The highest BCUT2D eigenvalue weighted by Gasteiger charge is 2.53. The minimum Gasteiger partial charge on any atom is -0.387 e. The number of phosphoric ester groups is 1. The number of aromatic nitrogens is 7. The van der Waals surface area contributed by atoms with Crippen LogP contribution in [0.5, 0.6) is 0 Å². The van der Waals surface area contributed by atoms with E-state index in [1.165, 1.54) is 40.4 Å². The summed E-state index contributed by atoms with van der Waals surface area (Å²) in [6.07, 6.45) is -6.03. The lowest BCUT2D eigenvalue weighted by atomic mass is 10.1. The number of phosphoric acid groups is 1. The van der Waals surface area contributed by atoms with Crippen molar-refractivity contribution in [1.29, 1.82) is 0 Å². The zero-order valence-electron chi connectivity index (χ0n) is 22.6. The normalized spacial score (nSPS) is 38.3. The quantitative estimate of drug-likeness (QED) is 0.169. The molecule has 0 aliphatic carbocycles. The summed E-state index contributed by atoms with van der Waals surface area (Å²) in [7, 11) is -9.03. The van der Waals surface area contributed by atoms with E-state index in [1.807, 2.05) is 0 Å². The molecule has 3 saturated heterocycles. The number of aliphatic hydroxyl groups is 2. The Balaban J connectivity index is 1.20. The number of fused-ring (bicyclic) bond motifs is 5. The lowest BCUT2D eigenvalue weighted by molar-refractivity contribution is -0.0641. The van der Waals surface area contributed by atoms with Crippen LogP contribution in [0.2, 0.25) is 0 Å². The molecule has 3 aliphatic heterocycles. The van der Waals surface area contributed by atoms with Crippen molar-refractivity contribution in [2.75, 3.05) is 25.6 Å². The Hall–Kier alpha value is -3.13. The number of H-pyrrole nitrogens is 1. The number of nitrogens with one attached hydrogen (secondary N) is 1. The van der Waals surface area contributed by atoms with Gasteiger partial charge in [-0.05, 0) is 6.07 Å². The van der Waals surface area contributed by atoms with Gasteiger partial charge < -0.3 is 44.4 Å². The van der Waals surface area contributed by atoms with Crippen molar-refractivity contribution in [3.8, 4) is 0 Å². The SMILES string of the molecule is CP1(=O)OC[C@H]2O[C@@H](n3cnc4c(=O)[nH]ccc43)[C@H](OP(=O)(O)OC[C@H]3O[C@@H](n4cnc5c(N)ncnc54)[C@H](O)[C@@H]3O1)[C@@H]2O. The average Bonchev–Trinajstić information content (AvgIpc) is 3.73. The van der Waals surface area contributed by atoms with Gasteiger partial charge in [0.05, 0.1) is 31.4 Å². The molecule has 10 atom stereocenters. The molecule has 3 fully saturated rings. The number of aliphatic hydroxyl groups excluding tert-OH is 2. The van der Waals surface area contributed by atoms with Crippen LogP contribution in [0.3, 0.4) is 0 Å². The first-order valence-electron chi connectivity index (χ1n) is 13.1. The third-order valence-electron chi connectivity index (χ3n) is 7.50. The molecule has 7 rings (SSSR count). The van der Waals surface area contributed by atoms with E-state index >= 15 is 0 Å². The first-order chi connectivity index (χ1) is 20.9. The van der Waals surface area contributed by atoms with E-state index in [2.05, 4.69) is 24.9 Å². The van der Waals surface area contributed by atoms with E-state index in [4.69, 9.17) is 33.3 Å². The van der Waals surface area contributed by atoms with Crippen LogP contribution in [0.1, 0.15) is 12.5 Å². The first kappa shape index (κ1) is 29.6. The standard InChI is InChI=1S/C22H26N8O12P2/c1-43(34)37-4-10-14(31)17(22(39-10)29-7-27-12-9(29)2-3-24-20(12)33)42-44(35,36)38-5-11-16(41-43)15(32)21(40-11)30-8-28-13-18(23)25-6-26-19(13)30/h2-3,6-8,10-11,14-17,21-22,31-32H,4-5H2,1H3,(H,24,33)(H,35,36)(H2,23,25,26)/t10-,11-,14-,15-,16-,17-,21-,22-,43?/m1/s1. The van der Waals surface area contributed by atoms with E-state index < -0.39 is 83.3 Å². The molecule has 0 amide bonds. The van der Waals surface area contributed by atoms with Crippen LogP contribution in [0.15, 0.2) is 36.0 Å². The average molecular weight is 656 g/mol. The smallest absolute Gasteiger partial charge is 0.387 e. The van der Waals surface area contributed by atoms with Crippen LogP contribution >= 0.6 is 15.4 Å². The molecule has 3 aliphatic rings. The Morgan fingerprint density at radius 2 is 1.66 bits per heavy atom. The maximum absolute atomic E-state index is 13.5. The summed E-state index contributed by atoms with van der Waals surface area (Å²) in [4.78, 5) is 41.6. The molecular formula is C22H26N8O12P2. The number of pyridine rings is 1. The first-order valence-corrected chi connectivity index (χ1v) is 16.6. The number of rotatable bonds is 2. The largest absolute Gasteiger partial charge is 0.472 e. The van der Waals surface area contributed by atoms with Crippen LogP contribution in [0, 0.1) is 0 Å². The van der Waals surface area contributed by atoms with Crippen LogP contribution in [0.25, 0.3) is 22.2 Å². The van der Waals surface area contributed by atoms with Crippen molar-refractivity contribution in [3.05, 3.63) is 41.6 Å². The van der Waals surface area contributed by atoms with Gasteiger partial charge in [-0.2, -0.15) is 0 Å². The molecule has 7 heterocycles. The van der Waals surface area contributed by atoms with Gasteiger partial charge in [-0.1, -0.05) is 0 Å². The zero-order valence-corrected chi connectivity index (χ0v) is 24.4. The van der Waals surface area contributed by atoms with Crippen LogP contribution in [-0.2, 0) is 36.7 Å². The van der Waals surface area contributed by atoms with Crippen molar-refractivity contribution in [1.82, 2.24) is 34.1 Å². The van der Waals surface area contributed by atoms with Crippen LogP contribution in [0.4, 0.5) is 5.82 Å². The molecule has 20 nitrogen and oxygen atoms in total. The molecule has 236 valence electrons. The maximum atomic E-state index is 13.5. The Labute approximate surface area is 245 Å². The van der Waals surface area contributed by atoms with Gasteiger partial charge in [-0.25, -0.2) is 24.5 Å². The predicted octanol–water partition coefficient (Wildman–Crippen LogP) is -0.596. The summed E-state index contributed by atoms with van der Waals surface area (Å²) < 4.78 is 63.2. The van der Waals surface area contributed by atoms with Gasteiger partial charge in [-0.15, -0.1) is 0 Å². The van der Waals surface area contributed by atoms with Gasteiger partial charge >= 0.3 is 15.4 Å². The summed E-state index contributed by atoms with van der Waals surface area (Å²) >= 11 is 0. The number of anilines is 1. The summed E-state index contributed by atoms with van der Waals surface area (Å²) in [5.74, 6) is 0.0843. The van der Waals surface area contributed by atoms with Crippen molar-refractivity contribution in [2.24, 2.45) is 0 Å². The molecule has 44 heavy (non-hydrogen) atoms. The molecule has 4 aromatic rings. The van der Waals surface area contributed by atoms with Crippen molar-refractivity contribution in [3.63, 3.8) is 0 Å². The predicted molar refractivity (Wildman–Crippen MR) is 145 cm³/mol. The van der Waals surface area contributed by atoms with Gasteiger partial charge in [-0.3, -0.25) is 27.5 Å². The van der Waals surface area contributed by atoms with Crippen molar-refractivity contribution in [2.45, 2.75) is 49.1 Å². The van der Waals surface area contributed by atoms with Gasteiger partial charge in [0.2, 0.25) is 0 Å². The van der Waals surface area contributed by atoms with E-state index in [-0.39, 0.29) is 28.0 Å². The second kappa shape index (κ2) is 10.7. The monoisotopic (exact) mass is 656 g/mol. The van der Waals surface area contributed by atoms with Crippen LogP contribution in [-0.4, -0.2) is 106 Å². The molecule has 6 N–H and O–H groups in total. The Morgan fingerprint density at radius 1 is 0.932 bits per heavy atom. The number of imidazole rings is 2. The highest BCUT2D eigenvalue weighted by molar-refractivity contribution is 7.53. The van der Waals surface area contributed by atoms with Gasteiger partial charge in [0.1, 0.15) is 48.5 Å². The minimum atomic E-state index is -5.00. The number of hydrogen-bond donors (Lipinski definition) is 5. The number of nitrogens with two attached hydrogens (primary N) is 1. The number of nitrogens with zero attached hydrogens (tertiary/aromatic N) is 6. The molecule has 0 spiro atoms. The fraction of sp³-hybridized carbons (Fsp3) is 0.500. The van der Waals surface area contributed by atoms with E-state index in [9.17, 15) is 29.0 Å². The van der Waals surface area contributed by atoms with Gasteiger partial charge in [0.25, 0.3) is 5.56 Å². The molecule has 4 aromatic heterocycles. The number of aromatic amines is 1. The van der Waals surface area contributed by atoms with Crippen molar-refractivity contribution >= 4 is 43.4 Å². The molecule has 2 unspecified atom stereocenters. The van der Waals surface area contributed by atoms with Gasteiger partial charge in [0.15, 0.2) is 29.4 Å². The fourth-order valence-corrected chi connectivity index (χ4v) is 7.57. The molecular weight excluding hydrogens is 630 g/mol. The Bertz CT molecular complexity index is 1880. The zero-order chi connectivity index (χ0) is 31.0. The third kappa shape index (κ3) is 5.07. The topological polar surface area (TPSA) is 271 Å². The minimum absolute atomic E-state index is 0.0469. The van der Waals surface area contributed by atoms with Gasteiger partial charge in [0, 0.05) is 12.9 Å². The Kier molecular flexibility index (Phi) is 7.22. The van der Waals surface area contributed by atoms with Crippen LogP contribution < -0.4 is 11.3 Å². The van der Waals surface area contributed by atoms with E-state index in [0.29, 0.717) is 0 Å². The molecule has 2 bridgehead atoms. The second-order valence-corrected chi connectivity index (χ2v) is 13.8. The lowest BCUT2D eigenvalue weighted by Gasteiger charge is -2.26. The highest BCUT2D eigenvalue weighted by Crippen LogP contribution is 2.54. The molecule has 22 heteroatoms. The third-order valence-corrected chi connectivity index (χ3v) is 9.73. The molecule has 0 radical (unpaired) electrons.